The van der Waals surface area contributed by atoms with E-state index < -0.39 is 6.04 Å². The third kappa shape index (κ3) is 3.10. The van der Waals surface area contributed by atoms with Gasteiger partial charge in [-0.3, -0.25) is 9.59 Å². The van der Waals surface area contributed by atoms with E-state index in [0.717, 1.165) is 22.7 Å². The number of aromatic amines is 1. The normalized spacial score (nSPS) is 12.3. The predicted molar refractivity (Wildman–Crippen MR) is 106 cm³/mol. The van der Waals surface area contributed by atoms with Crippen LogP contribution < -0.4 is 10.9 Å². The Hall–Kier alpha value is -3.41. The Balaban J connectivity index is 1.64. The van der Waals surface area contributed by atoms with Crippen LogP contribution in [-0.2, 0) is 11.2 Å². The number of rotatable bonds is 5. The summed E-state index contributed by atoms with van der Waals surface area (Å²) in [6.07, 6.45) is 2.40. The van der Waals surface area contributed by atoms with Crippen molar-refractivity contribution in [2.45, 2.75) is 19.4 Å². The maximum Gasteiger partial charge on any atom is 0.288 e. The highest BCUT2D eigenvalue weighted by Crippen LogP contribution is 2.29. The third-order valence-electron chi connectivity index (χ3n) is 4.85. The minimum atomic E-state index is -0.522. The van der Waals surface area contributed by atoms with Gasteiger partial charge in [0.15, 0.2) is 0 Å². The van der Waals surface area contributed by atoms with E-state index in [1.54, 1.807) is 10.8 Å². The number of benzene rings is 2. The highest BCUT2D eigenvalue weighted by atomic mass is 16.2. The van der Waals surface area contributed by atoms with Gasteiger partial charge in [0.1, 0.15) is 11.6 Å². The van der Waals surface area contributed by atoms with Crippen LogP contribution in [0.3, 0.4) is 0 Å². The lowest BCUT2D eigenvalue weighted by molar-refractivity contribution is -0.123. The zero-order chi connectivity index (χ0) is 18.8. The molecule has 0 saturated heterocycles. The lowest BCUT2D eigenvalue weighted by Gasteiger charge is -2.16. The molecule has 0 fully saturated rings. The Morgan fingerprint density at radius 3 is 2.67 bits per heavy atom. The van der Waals surface area contributed by atoms with Crippen molar-refractivity contribution in [3.8, 4) is 0 Å². The monoisotopic (exact) mass is 360 g/mol. The Kier molecular flexibility index (Phi) is 4.46. The first-order chi connectivity index (χ1) is 13.2. The Labute approximate surface area is 155 Å². The zero-order valence-electron chi connectivity index (χ0n) is 15.0. The molecule has 0 bridgehead atoms. The molecule has 4 rings (SSSR count). The molecule has 0 aliphatic rings. The van der Waals surface area contributed by atoms with Gasteiger partial charge in [-0.25, -0.2) is 5.10 Å². The summed E-state index contributed by atoms with van der Waals surface area (Å²) in [4.78, 5) is 25.2. The molecule has 0 saturated carbocycles. The number of nitrogens with one attached hydrogen (secondary N) is 2. The SMILES string of the molecule is C[C@@H](C(=O)NCCc1ccccc1)n1c2ccccc2c2cn[nH]c(=O)c21. The van der Waals surface area contributed by atoms with Crippen LogP contribution in [0, 0.1) is 0 Å². The van der Waals surface area contributed by atoms with Gasteiger partial charge in [-0.05, 0) is 25.0 Å². The summed E-state index contributed by atoms with van der Waals surface area (Å²) in [5.41, 5.74) is 2.19. The molecule has 136 valence electrons. The average molecular weight is 360 g/mol. The number of nitrogens with zero attached hydrogens (tertiary/aromatic N) is 2. The molecule has 4 aromatic rings. The van der Waals surface area contributed by atoms with Crippen molar-refractivity contribution in [1.82, 2.24) is 20.1 Å². The van der Waals surface area contributed by atoms with Crippen LogP contribution in [0.4, 0.5) is 0 Å². The molecule has 2 heterocycles. The number of para-hydroxylation sites is 1. The molecule has 1 atom stereocenters. The van der Waals surface area contributed by atoms with Gasteiger partial charge in [0.25, 0.3) is 5.56 Å². The first-order valence-electron chi connectivity index (χ1n) is 8.95. The molecule has 2 N–H and O–H groups in total. The van der Waals surface area contributed by atoms with Gasteiger partial charge in [0.05, 0.1) is 11.7 Å². The highest BCUT2D eigenvalue weighted by molar-refractivity contribution is 6.08. The quantitative estimate of drug-likeness (QED) is 0.574. The predicted octanol–water partition coefficient (Wildman–Crippen LogP) is 2.80. The fourth-order valence-electron chi connectivity index (χ4n) is 3.50. The maximum atomic E-state index is 12.8. The summed E-state index contributed by atoms with van der Waals surface area (Å²) >= 11 is 0. The van der Waals surface area contributed by atoms with Gasteiger partial charge in [-0.2, -0.15) is 5.10 Å². The molecule has 2 aromatic carbocycles. The number of hydrogen-bond acceptors (Lipinski definition) is 3. The fourth-order valence-corrected chi connectivity index (χ4v) is 3.50. The van der Waals surface area contributed by atoms with Crippen molar-refractivity contribution in [3.63, 3.8) is 0 Å². The van der Waals surface area contributed by atoms with Crippen molar-refractivity contribution in [2.75, 3.05) is 6.54 Å². The summed E-state index contributed by atoms with van der Waals surface area (Å²) in [7, 11) is 0. The second-order valence-electron chi connectivity index (χ2n) is 6.55. The largest absolute Gasteiger partial charge is 0.354 e. The Morgan fingerprint density at radius 1 is 1.11 bits per heavy atom. The van der Waals surface area contributed by atoms with E-state index in [-0.39, 0.29) is 11.5 Å². The van der Waals surface area contributed by atoms with E-state index in [4.69, 9.17) is 0 Å². The van der Waals surface area contributed by atoms with Crippen LogP contribution in [-0.4, -0.2) is 27.2 Å². The van der Waals surface area contributed by atoms with Gasteiger partial charge in [0.2, 0.25) is 5.91 Å². The number of H-pyrrole nitrogens is 1. The van der Waals surface area contributed by atoms with Crippen LogP contribution in [0.2, 0.25) is 0 Å². The van der Waals surface area contributed by atoms with E-state index in [1.807, 2.05) is 61.5 Å². The van der Waals surface area contributed by atoms with Crippen molar-refractivity contribution in [2.24, 2.45) is 0 Å². The first-order valence-corrected chi connectivity index (χ1v) is 8.95. The lowest BCUT2D eigenvalue weighted by Crippen LogP contribution is -2.33. The van der Waals surface area contributed by atoms with Crippen molar-refractivity contribution in [1.29, 1.82) is 0 Å². The van der Waals surface area contributed by atoms with Crippen molar-refractivity contribution in [3.05, 3.63) is 76.7 Å². The van der Waals surface area contributed by atoms with E-state index in [2.05, 4.69) is 15.5 Å². The number of fused-ring (bicyclic) bond motifs is 3. The molecular weight excluding hydrogens is 340 g/mol. The smallest absolute Gasteiger partial charge is 0.288 e. The molecule has 27 heavy (non-hydrogen) atoms. The Bertz CT molecular complexity index is 1160. The summed E-state index contributed by atoms with van der Waals surface area (Å²) in [6, 6.07) is 17.2. The van der Waals surface area contributed by atoms with E-state index in [1.165, 1.54) is 5.56 Å². The summed E-state index contributed by atoms with van der Waals surface area (Å²) in [5.74, 6) is -0.121. The van der Waals surface area contributed by atoms with Crippen LogP contribution in [0.5, 0.6) is 0 Å². The number of carbonyl (C=O) groups is 1. The molecule has 0 aliphatic heterocycles. The molecule has 0 spiro atoms. The van der Waals surface area contributed by atoms with Crippen LogP contribution in [0.25, 0.3) is 21.8 Å². The van der Waals surface area contributed by atoms with Crippen LogP contribution >= 0.6 is 0 Å². The molecule has 0 aliphatic carbocycles. The number of aromatic nitrogens is 3. The van der Waals surface area contributed by atoms with E-state index in [9.17, 15) is 9.59 Å². The molecule has 2 aromatic heterocycles. The number of carbonyl (C=O) groups excluding carboxylic acids is 1. The van der Waals surface area contributed by atoms with Crippen LogP contribution in [0.15, 0.2) is 65.6 Å². The fraction of sp³-hybridized carbons (Fsp3) is 0.190. The second-order valence-corrected chi connectivity index (χ2v) is 6.55. The van der Waals surface area contributed by atoms with Crippen molar-refractivity contribution < 1.29 is 4.79 Å². The topological polar surface area (TPSA) is 79.8 Å². The number of amides is 1. The maximum absolute atomic E-state index is 12.8. The van der Waals surface area contributed by atoms with Gasteiger partial charge in [-0.1, -0.05) is 48.5 Å². The summed E-state index contributed by atoms with van der Waals surface area (Å²) < 4.78 is 1.79. The van der Waals surface area contributed by atoms with E-state index in [0.29, 0.717) is 12.1 Å². The summed E-state index contributed by atoms with van der Waals surface area (Å²) in [5, 5.41) is 11.0. The van der Waals surface area contributed by atoms with Gasteiger partial charge >= 0.3 is 0 Å². The van der Waals surface area contributed by atoms with Gasteiger partial charge in [-0.15, -0.1) is 0 Å². The average Bonchev–Trinajstić information content (AvgIpc) is 3.04. The molecule has 0 radical (unpaired) electrons. The summed E-state index contributed by atoms with van der Waals surface area (Å²) in [6.45, 7) is 2.35. The minimum Gasteiger partial charge on any atom is -0.354 e. The van der Waals surface area contributed by atoms with Crippen molar-refractivity contribution >= 4 is 27.7 Å². The van der Waals surface area contributed by atoms with Gasteiger partial charge < -0.3 is 9.88 Å². The Morgan fingerprint density at radius 2 is 1.85 bits per heavy atom. The molecule has 6 heteroatoms. The third-order valence-corrected chi connectivity index (χ3v) is 4.85. The highest BCUT2D eigenvalue weighted by Gasteiger charge is 2.22. The molecule has 1 amide bonds. The van der Waals surface area contributed by atoms with E-state index >= 15 is 0 Å². The minimum absolute atomic E-state index is 0.121. The van der Waals surface area contributed by atoms with Crippen LogP contribution in [0.1, 0.15) is 18.5 Å². The molecule has 6 nitrogen and oxygen atoms in total. The van der Waals surface area contributed by atoms with Gasteiger partial charge in [0, 0.05) is 17.3 Å². The number of hydrogen-bond donors (Lipinski definition) is 2. The zero-order valence-corrected chi connectivity index (χ0v) is 15.0. The molecular formula is C21H20N4O2. The molecule has 0 unspecified atom stereocenters. The standard InChI is InChI=1S/C21H20N4O2/c1-14(20(26)22-12-11-15-7-3-2-4-8-15)25-18-10-6-5-9-16(18)17-13-23-24-21(27)19(17)25/h2-10,13-14H,11-12H2,1H3,(H,22,26)(H,24,27)/t14-/m0/s1. The lowest BCUT2D eigenvalue weighted by atomic mass is 10.1. The second kappa shape index (κ2) is 7.07. The first kappa shape index (κ1) is 17.0.